The number of ketones is 1. The Morgan fingerprint density at radius 3 is 2.31 bits per heavy atom. The fourth-order valence-electron chi connectivity index (χ4n) is 6.89. The van der Waals surface area contributed by atoms with Gasteiger partial charge in [-0.2, -0.15) is 0 Å². The molecule has 2 unspecified atom stereocenters. The average Bonchev–Trinajstić information content (AvgIpc) is 3.42. The van der Waals surface area contributed by atoms with Crippen molar-refractivity contribution in [3.05, 3.63) is 0 Å². The molecule has 2 aliphatic carbocycles. The number of hydrogen-bond donors (Lipinski definition) is 0. The van der Waals surface area contributed by atoms with Crippen molar-refractivity contribution in [2.75, 3.05) is 33.2 Å². The third-order valence-corrected chi connectivity index (χ3v) is 8.82. The summed E-state index contributed by atoms with van der Waals surface area (Å²) in [7, 11) is 2.12. The van der Waals surface area contributed by atoms with Gasteiger partial charge in [-0.1, -0.05) is 26.7 Å². The van der Waals surface area contributed by atoms with Crippen molar-refractivity contribution in [2.24, 2.45) is 23.2 Å². The molecule has 0 N–H and O–H groups in total. The minimum absolute atomic E-state index is 0.114. The Kier molecular flexibility index (Phi) is 5.05. The standard InChI is InChI=1S/C24H39N3O2/c1-16(2)22(28)20(17-6-4-5-7-17)26-12-10-24(14-26)11-13-27(15-24)23(29)21-19(25(21)3)18-8-9-18/h16-21H,4-15H2,1-3H3/t19-,20+,21?,24+,25?/m1/s1. The van der Waals surface area contributed by atoms with Crippen molar-refractivity contribution in [3.63, 3.8) is 0 Å². The number of amides is 1. The predicted molar refractivity (Wildman–Crippen MR) is 113 cm³/mol. The molecule has 5 aliphatic rings. The van der Waals surface area contributed by atoms with E-state index in [2.05, 4.69) is 35.6 Å². The lowest BCUT2D eigenvalue weighted by Crippen LogP contribution is -2.47. The minimum Gasteiger partial charge on any atom is -0.341 e. The molecule has 3 saturated heterocycles. The van der Waals surface area contributed by atoms with Gasteiger partial charge in [0, 0.05) is 37.0 Å². The van der Waals surface area contributed by atoms with E-state index in [9.17, 15) is 9.59 Å². The van der Waals surface area contributed by atoms with Crippen LogP contribution in [0, 0.1) is 23.2 Å². The molecule has 3 heterocycles. The van der Waals surface area contributed by atoms with Crippen LogP contribution in [0.25, 0.3) is 0 Å². The van der Waals surface area contributed by atoms with Crippen LogP contribution in [0.4, 0.5) is 0 Å². The Bertz CT molecular complexity index is 669. The number of rotatable bonds is 6. The molecule has 0 radical (unpaired) electrons. The van der Waals surface area contributed by atoms with E-state index in [4.69, 9.17) is 0 Å². The van der Waals surface area contributed by atoms with Gasteiger partial charge in [0.1, 0.15) is 6.04 Å². The summed E-state index contributed by atoms with van der Waals surface area (Å²) in [6.45, 7) is 8.01. The summed E-state index contributed by atoms with van der Waals surface area (Å²) in [6.07, 6.45) is 9.89. The fourth-order valence-corrected chi connectivity index (χ4v) is 6.89. The maximum atomic E-state index is 13.1. The number of likely N-dealkylation sites (tertiary alicyclic amines) is 2. The van der Waals surface area contributed by atoms with Crippen molar-refractivity contribution < 1.29 is 9.59 Å². The SMILES string of the molecule is CC(C)C(=O)[C@H](C1CCCC1)N1CC[C@]2(CCN(C(=O)C3[C@@H](C4CC4)N3C)C2)C1. The van der Waals surface area contributed by atoms with E-state index in [0.29, 0.717) is 23.7 Å². The van der Waals surface area contributed by atoms with Crippen LogP contribution in [0.3, 0.4) is 0 Å². The summed E-state index contributed by atoms with van der Waals surface area (Å²) < 4.78 is 0. The second-order valence-corrected chi connectivity index (χ2v) is 11.2. The first-order valence-electron chi connectivity index (χ1n) is 12.2. The molecule has 1 spiro atoms. The highest BCUT2D eigenvalue weighted by molar-refractivity contribution is 5.87. The summed E-state index contributed by atoms with van der Waals surface area (Å²) in [6, 6.07) is 0.800. The van der Waals surface area contributed by atoms with Crippen molar-refractivity contribution in [1.29, 1.82) is 0 Å². The van der Waals surface area contributed by atoms with Gasteiger partial charge < -0.3 is 4.90 Å². The lowest BCUT2D eigenvalue weighted by atomic mass is 9.85. The highest BCUT2D eigenvalue weighted by Crippen LogP contribution is 2.48. The Labute approximate surface area is 176 Å². The van der Waals surface area contributed by atoms with E-state index >= 15 is 0 Å². The zero-order valence-electron chi connectivity index (χ0n) is 18.6. The molecule has 5 atom stereocenters. The number of carbonyl (C=O) groups is 2. The molecule has 5 nitrogen and oxygen atoms in total. The molecular weight excluding hydrogens is 362 g/mol. The highest BCUT2D eigenvalue weighted by atomic mass is 16.2. The number of Topliss-reactive ketones (excluding diaryl/α,β-unsaturated/α-hetero) is 1. The first-order valence-corrected chi connectivity index (χ1v) is 12.2. The summed E-state index contributed by atoms with van der Waals surface area (Å²) in [4.78, 5) is 33.3. The normalized spacial score (nSPS) is 39.0. The van der Waals surface area contributed by atoms with E-state index in [1.165, 1.54) is 38.5 Å². The zero-order valence-corrected chi connectivity index (χ0v) is 18.6. The molecule has 162 valence electrons. The molecular formula is C24H39N3O2. The molecule has 0 aromatic rings. The molecule has 29 heavy (non-hydrogen) atoms. The molecule has 3 aliphatic heterocycles. The largest absolute Gasteiger partial charge is 0.341 e. The lowest BCUT2D eigenvalue weighted by Gasteiger charge is -2.34. The minimum atomic E-state index is 0.114. The topological polar surface area (TPSA) is 43.6 Å². The van der Waals surface area contributed by atoms with E-state index in [1.54, 1.807) is 0 Å². The van der Waals surface area contributed by atoms with Crippen molar-refractivity contribution in [1.82, 2.24) is 14.7 Å². The molecule has 5 rings (SSSR count). The summed E-state index contributed by atoms with van der Waals surface area (Å²) >= 11 is 0. The van der Waals surface area contributed by atoms with Gasteiger partial charge in [0.25, 0.3) is 0 Å². The van der Waals surface area contributed by atoms with Crippen LogP contribution in [0.15, 0.2) is 0 Å². The van der Waals surface area contributed by atoms with Gasteiger partial charge in [-0.15, -0.1) is 0 Å². The maximum Gasteiger partial charge on any atom is 0.241 e. The van der Waals surface area contributed by atoms with Crippen LogP contribution in [0.1, 0.15) is 65.2 Å². The fraction of sp³-hybridized carbons (Fsp3) is 0.917. The van der Waals surface area contributed by atoms with Gasteiger partial charge in [0.15, 0.2) is 5.78 Å². The number of carbonyl (C=O) groups excluding carboxylic acids is 2. The van der Waals surface area contributed by atoms with Crippen molar-refractivity contribution in [3.8, 4) is 0 Å². The summed E-state index contributed by atoms with van der Waals surface area (Å²) in [5.41, 5.74) is 0.228. The number of nitrogens with zero attached hydrogens (tertiary/aromatic N) is 3. The highest BCUT2D eigenvalue weighted by Gasteiger charge is 2.59. The Balaban J connectivity index is 1.23. The van der Waals surface area contributed by atoms with Gasteiger partial charge in [-0.05, 0) is 64.0 Å². The zero-order chi connectivity index (χ0) is 20.3. The second kappa shape index (κ2) is 7.33. The van der Waals surface area contributed by atoms with E-state index in [0.717, 1.165) is 44.9 Å². The van der Waals surface area contributed by atoms with E-state index < -0.39 is 0 Å². The quantitative estimate of drug-likeness (QED) is 0.642. The van der Waals surface area contributed by atoms with Gasteiger partial charge in [-0.25, -0.2) is 0 Å². The maximum absolute atomic E-state index is 13.1. The van der Waals surface area contributed by atoms with E-state index in [1.807, 2.05) is 0 Å². The molecule has 5 heteroatoms. The molecule has 2 saturated carbocycles. The van der Waals surface area contributed by atoms with Crippen molar-refractivity contribution >= 4 is 11.7 Å². The Morgan fingerprint density at radius 1 is 0.966 bits per heavy atom. The van der Waals surface area contributed by atoms with Crippen LogP contribution in [0.5, 0.6) is 0 Å². The summed E-state index contributed by atoms with van der Waals surface area (Å²) in [5, 5.41) is 0. The third-order valence-electron chi connectivity index (χ3n) is 8.82. The third kappa shape index (κ3) is 3.56. The van der Waals surface area contributed by atoms with Crippen molar-refractivity contribution in [2.45, 2.75) is 83.3 Å². The first kappa shape index (κ1) is 20.0. The number of hydrogen-bond acceptors (Lipinski definition) is 4. The van der Waals surface area contributed by atoms with Gasteiger partial charge >= 0.3 is 0 Å². The van der Waals surface area contributed by atoms with Crippen LogP contribution in [-0.4, -0.2) is 77.7 Å². The molecule has 1 amide bonds. The van der Waals surface area contributed by atoms with Crippen LogP contribution < -0.4 is 0 Å². The second-order valence-electron chi connectivity index (χ2n) is 11.2. The lowest BCUT2D eigenvalue weighted by molar-refractivity contribution is -0.131. The Morgan fingerprint density at radius 2 is 1.66 bits per heavy atom. The molecule has 5 fully saturated rings. The van der Waals surface area contributed by atoms with Crippen LogP contribution >= 0.6 is 0 Å². The van der Waals surface area contributed by atoms with E-state index in [-0.39, 0.29) is 23.4 Å². The van der Waals surface area contributed by atoms with Crippen LogP contribution in [0.2, 0.25) is 0 Å². The smallest absolute Gasteiger partial charge is 0.241 e. The average molecular weight is 402 g/mol. The van der Waals surface area contributed by atoms with Gasteiger partial charge in [0.05, 0.1) is 6.04 Å². The van der Waals surface area contributed by atoms with Crippen LogP contribution in [-0.2, 0) is 9.59 Å². The Hall–Kier alpha value is -0.940. The van der Waals surface area contributed by atoms with Gasteiger partial charge in [-0.3, -0.25) is 19.4 Å². The molecule has 0 aromatic heterocycles. The predicted octanol–water partition coefficient (Wildman–Crippen LogP) is 2.79. The first-order chi connectivity index (χ1) is 13.9. The molecule has 0 aromatic carbocycles. The monoisotopic (exact) mass is 401 g/mol. The number of likely N-dealkylation sites (N-methyl/N-ethyl adjacent to an activating group) is 1. The molecule has 0 bridgehead atoms. The van der Waals surface area contributed by atoms with Gasteiger partial charge in [0.2, 0.25) is 5.91 Å². The summed E-state index contributed by atoms with van der Waals surface area (Å²) in [5.74, 6) is 2.28.